The molecule has 28 heavy (non-hydrogen) atoms. The van der Waals surface area contributed by atoms with Crippen LogP contribution in [0.25, 0.3) is 0 Å². The van der Waals surface area contributed by atoms with E-state index in [2.05, 4.69) is 22.2 Å². The van der Waals surface area contributed by atoms with E-state index in [4.69, 9.17) is 25.3 Å². The van der Waals surface area contributed by atoms with E-state index in [9.17, 15) is 8.42 Å². The summed E-state index contributed by atoms with van der Waals surface area (Å²) in [7, 11) is -2.64. The molecule has 2 aliphatic heterocycles. The Bertz CT molecular complexity index is 1050. The molecule has 0 amide bonds. The molecule has 0 aliphatic carbocycles. The molecule has 2 heterocycles. The number of hydrogen-bond acceptors (Lipinski definition) is 7. The van der Waals surface area contributed by atoms with Gasteiger partial charge in [0.25, 0.3) is 0 Å². The van der Waals surface area contributed by atoms with Crippen LogP contribution in [-0.4, -0.2) is 61.8 Å². The van der Waals surface area contributed by atoms with Crippen LogP contribution in [0.5, 0.6) is 5.75 Å². The molecule has 0 atom stereocenters. The number of hydrogen-bond donors (Lipinski definition) is 2. The molecule has 0 saturated carbocycles. The first-order valence-electron chi connectivity index (χ1n) is 8.69. The molecule has 2 aliphatic rings. The summed E-state index contributed by atoms with van der Waals surface area (Å²) < 4.78 is 36.4. The van der Waals surface area contributed by atoms with Crippen molar-refractivity contribution in [2.24, 2.45) is 4.99 Å². The lowest BCUT2D eigenvalue weighted by molar-refractivity contribution is 0.216. The van der Waals surface area contributed by atoms with Gasteiger partial charge in [0, 0.05) is 48.5 Å². The molecule has 1 saturated heterocycles. The SMILES string of the molecule is CN1CCN(C2=Nc3cc(Cl)cc(OS(=O)(=O)O)c3Nc3ccccc32)CC1. The average molecular weight is 423 g/mol. The summed E-state index contributed by atoms with van der Waals surface area (Å²) >= 11 is 6.15. The van der Waals surface area contributed by atoms with Crippen LogP contribution in [0, 0.1) is 0 Å². The second-order valence-electron chi connectivity index (χ2n) is 6.71. The molecule has 2 aromatic carbocycles. The monoisotopic (exact) mass is 422 g/mol. The summed E-state index contributed by atoms with van der Waals surface area (Å²) in [5, 5.41) is 3.43. The lowest BCUT2D eigenvalue weighted by Crippen LogP contribution is -2.47. The first kappa shape index (κ1) is 19.0. The Morgan fingerprint density at radius 3 is 2.61 bits per heavy atom. The minimum Gasteiger partial charge on any atom is -0.359 e. The number of halogens is 1. The van der Waals surface area contributed by atoms with Crippen LogP contribution in [0.15, 0.2) is 41.4 Å². The summed E-state index contributed by atoms with van der Waals surface area (Å²) in [6.45, 7) is 3.45. The predicted octanol–water partition coefficient (Wildman–Crippen LogP) is 2.90. The van der Waals surface area contributed by atoms with E-state index in [0.717, 1.165) is 43.3 Å². The highest BCUT2D eigenvalue weighted by Gasteiger charge is 2.26. The van der Waals surface area contributed by atoms with Gasteiger partial charge >= 0.3 is 10.4 Å². The number of benzene rings is 2. The van der Waals surface area contributed by atoms with Crippen molar-refractivity contribution < 1.29 is 17.2 Å². The van der Waals surface area contributed by atoms with E-state index >= 15 is 0 Å². The number of rotatable bonds is 2. The fourth-order valence-corrected chi connectivity index (χ4v) is 3.88. The minimum absolute atomic E-state index is 0.122. The Morgan fingerprint density at radius 2 is 1.89 bits per heavy atom. The minimum atomic E-state index is -4.72. The molecule has 0 unspecified atom stereocenters. The fourth-order valence-electron chi connectivity index (χ4n) is 3.32. The highest BCUT2D eigenvalue weighted by atomic mass is 35.5. The maximum atomic E-state index is 11.3. The average Bonchev–Trinajstić information content (AvgIpc) is 2.78. The maximum absolute atomic E-state index is 11.3. The second kappa shape index (κ2) is 7.25. The number of aliphatic imine (C=N–C) groups is 1. The molecule has 0 aromatic heterocycles. The number of likely N-dealkylation sites (N-methyl/N-ethyl adjacent to an activating group) is 1. The van der Waals surface area contributed by atoms with Crippen LogP contribution in [0.4, 0.5) is 17.1 Å². The van der Waals surface area contributed by atoms with Gasteiger partial charge in [0.15, 0.2) is 5.75 Å². The number of nitrogens with one attached hydrogen (secondary N) is 1. The summed E-state index contributed by atoms with van der Waals surface area (Å²) in [6, 6.07) is 10.6. The normalized spacial score (nSPS) is 17.1. The number of fused-ring (bicyclic) bond motifs is 2. The standard InChI is InChI=1S/C18H19ClN4O4S/c1-22-6-8-23(9-7-22)18-13-4-2-3-5-14(13)20-17-15(21-18)10-12(19)11-16(17)27-28(24,25)26/h2-5,10-11,20H,6-9H2,1H3,(H,24,25,26). The van der Waals surface area contributed by atoms with E-state index in [1.54, 1.807) is 6.07 Å². The Hall–Kier alpha value is -2.33. The topological polar surface area (TPSA) is 94.5 Å². The highest BCUT2D eigenvalue weighted by molar-refractivity contribution is 7.81. The van der Waals surface area contributed by atoms with Gasteiger partial charge in [0.1, 0.15) is 11.5 Å². The van der Waals surface area contributed by atoms with Crippen molar-refractivity contribution in [1.82, 2.24) is 9.80 Å². The van der Waals surface area contributed by atoms with Gasteiger partial charge in [-0.15, -0.1) is 0 Å². The third-order valence-electron chi connectivity index (χ3n) is 4.70. The van der Waals surface area contributed by atoms with Gasteiger partial charge in [0.2, 0.25) is 0 Å². The maximum Gasteiger partial charge on any atom is 0.446 e. The molecule has 2 N–H and O–H groups in total. The molecule has 148 valence electrons. The summed E-state index contributed by atoms with van der Waals surface area (Å²) in [5.74, 6) is 0.651. The number of piperazine rings is 1. The first-order valence-corrected chi connectivity index (χ1v) is 10.4. The van der Waals surface area contributed by atoms with Crippen molar-refractivity contribution >= 4 is 44.9 Å². The van der Waals surface area contributed by atoms with Gasteiger partial charge in [-0.2, -0.15) is 8.42 Å². The van der Waals surface area contributed by atoms with E-state index in [1.807, 2.05) is 24.3 Å². The van der Waals surface area contributed by atoms with Crippen molar-refractivity contribution in [3.05, 3.63) is 47.0 Å². The van der Waals surface area contributed by atoms with Crippen LogP contribution < -0.4 is 9.50 Å². The molecule has 1 fully saturated rings. The van der Waals surface area contributed by atoms with E-state index in [0.29, 0.717) is 11.4 Å². The van der Waals surface area contributed by atoms with Gasteiger partial charge < -0.3 is 19.3 Å². The molecular formula is C18H19ClN4O4S. The summed E-state index contributed by atoms with van der Waals surface area (Å²) in [4.78, 5) is 9.25. The molecule has 0 spiro atoms. The molecular weight excluding hydrogens is 404 g/mol. The third kappa shape index (κ3) is 3.93. The van der Waals surface area contributed by atoms with Crippen molar-refractivity contribution in [2.45, 2.75) is 0 Å². The van der Waals surface area contributed by atoms with Crippen LogP contribution in [0.2, 0.25) is 5.02 Å². The zero-order chi connectivity index (χ0) is 19.9. The van der Waals surface area contributed by atoms with Gasteiger partial charge in [-0.25, -0.2) is 4.99 Å². The van der Waals surface area contributed by atoms with Crippen molar-refractivity contribution in [2.75, 3.05) is 38.5 Å². The number of para-hydroxylation sites is 1. The number of nitrogens with zero attached hydrogens (tertiary/aromatic N) is 3. The van der Waals surface area contributed by atoms with E-state index in [-0.39, 0.29) is 10.8 Å². The van der Waals surface area contributed by atoms with Gasteiger partial charge in [-0.05, 0) is 25.2 Å². The van der Waals surface area contributed by atoms with Crippen LogP contribution in [-0.2, 0) is 10.4 Å². The van der Waals surface area contributed by atoms with Crippen molar-refractivity contribution in [3.63, 3.8) is 0 Å². The Balaban J connectivity index is 1.87. The quantitative estimate of drug-likeness (QED) is 0.718. The zero-order valence-electron chi connectivity index (χ0n) is 15.1. The Labute approximate surface area is 168 Å². The largest absolute Gasteiger partial charge is 0.446 e. The highest BCUT2D eigenvalue weighted by Crippen LogP contribution is 2.43. The molecule has 8 nitrogen and oxygen atoms in total. The molecule has 0 bridgehead atoms. The van der Waals surface area contributed by atoms with E-state index in [1.165, 1.54) is 6.07 Å². The summed E-state index contributed by atoms with van der Waals surface area (Å²) in [6.07, 6.45) is 0. The predicted molar refractivity (Wildman–Crippen MR) is 109 cm³/mol. The van der Waals surface area contributed by atoms with Crippen molar-refractivity contribution in [3.8, 4) is 5.75 Å². The second-order valence-corrected chi connectivity index (χ2v) is 8.16. The van der Waals surface area contributed by atoms with Gasteiger partial charge in [-0.1, -0.05) is 23.7 Å². The first-order chi connectivity index (χ1) is 13.3. The lowest BCUT2D eigenvalue weighted by Gasteiger charge is -2.34. The molecule has 2 aromatic rings. The fraction of sp³-hybridized carbons (Fsp3) is 0.278. The number of anilines is 2. The summed E-state index contributed by atoms with van der Waals surface area (Å²) in [5.41, 5.74) is 2.38. The van der Waals surface area contributed by atoms with Crippen LogP contribution in [0.3, 0.4) is 0 Å². The number of amidine groups is 1. The molecule has 0 radical (unpaired) electrons. The zero-order valence-corrected chi connectivity index (χ0v) is 16.7. The van der Waals surface area contributed by atoms with Gasteiger partial charge in [-0.3, -0.25) is 4.55 Å². The van der Waals surface area contributed by atoms with E-state index < -0.39 is 10.4 Å². The smallest absolute Gasteiger partial charge is 0.359 e. The van der Waals surface area contributed by atoms with Crippen molar-refractivity contribution in [1.29, 1.82) is 0 Å². The van der Waals surface area contributed by atoms with Crippen LogP contribution >= 0.6 is 11.6 Å². The lowest BCUT2D eigenvalue weighted by atomic mass is 10.1. The van der Waals surface area contributed by atoms with Crippen LogP contribution in [0.1, 0.15) is 5.56 Å². The van der Waals surface area contributed by atoms with Gasteiger partial charge in [0.05, 0.1) is 5.69 Å². The molecule has 10 heteroatoms. The Morgan fingerprint density at radius 1 is 1.18 bits per heavy atom. The Kier molecular flexibility index (Phi) is 4.92. The third-order valence-corrected chi connectivity index (χ3v) is 5.31. The molecule has 4 rings (SSSR count).